The van der Waals surface area contributed by atoms with Crippen LogP contribution in [0, 0.1) is 23.3 Å². The fourth-order valence-electron chi connectivity index (χ4n) is 2.21. The molecule has 2 aliphatic rings. The highest BCUT2D eigenvalue weighted by Crippen LogP contribution is 2.57. The third kappa shape index (κ3) is 1.71. The van der Waals surface area contributed by atoms with Gasteiger partial charge in [0, 0.05) is 0 Å². The average molecular weight is 378 g/mol. The highest BCUT2D eigenvalue weighted by molar-refractivity contribution is 6.01. The van der Waals surface area contributed by atoms with Gasteiger partial charge in [0.2, 0.25) is 46.4 Å². The number of halogens is 8. The number of fused-ring (bicyclic) bond motifs is 2. The minimum atomic E-state index is -5.15. The van der Waals surface area contributed by atoms with Crippen molar-refractivity contribution < 1.29 is 59.6 Å². The Kier molecular flexibility index (Phi) is 3.21. The van der Waals surface area contributed by atoms with E-state index in [0.29, 0.717) is 0 Å². The van der Waals surface area contributed by atoms with Crippen molar-refractivity contribution in [2.24, 2.45) is 0 Å². The Morgan fingerprint density at radius 2 is 1.20 bits per heavy atom. The van der Waals surface area contributed by atoms with Gasteiger partial charge in [0.15, 0.2) is 0 Å². The van der Waals surface area contributed by atoms with E-state index in [1.807, 2.05) is 0 Å². The zero-order valence-corrected chi connectivity index (χ0v) is 11.1. The molecule has 136 valence electrons. The van der Waals surface area contributed by atoms with E-state index in [1.54, 1.807) is 0 Å². The van der Waals surface area contributed by atoms with Crippen molar-refractivity contribution >= 4 is 5.78 Å². The maximum Gasteiger partial charge on any atom is 0.387 e. The van der Waals surface area contributed by atoms with Crippen LogP contribution in [-0.4, -0.2) is 33.5 Å². The second-order valence-electron chi connectivity index (χ2n) is 4.94. The second kappa shape index (κ2) is 4.60. The first-order valence-electron chi connectivity index (χ1n) is 5.98. The first-order chi connectivity index (χ1) is 11.3. The predicted octanol–water partition coefficient (Wildman–Crippen LogP) is 1.76. The lowest BCUT2D eigenvalue weighted by Gasteiger charge is -2.47. The molecule has 0 saturated heterocycles. The van der Waals surface area contributed by atoms with Crippen molar-refractivity contribution in [1.29, 1.82) is 0 Å². The van der Waals surface area contributed by atoms with Crippen molar-refractivity contribution in [3.05, 3.63) is 34.9 Å². The molecule has 5 nitrogen and oxygen atoms in total. The van der Waals surface area contributed by atoms with Gasteiger partial charge in [0.1, 0.15) is 0 Å². The molecule has 0 bridgehead atoms. The van der Waals surface area contributed by atoms with Gasteiger partial charge in [-0.15, -0.1) is 0 Å². The molecule has 0 saturated carbocycles. The van der Waals surface area contributed by atoms with E-state index in [2.05, 4.69) is 9.47 Å². The van der Waals surface area contributed by atoms with Gasteiger partial charge in [-0.1, -0.05) is 0 Å². The molecule has 0 fully saturated rings. The lowest BCUT2D eigenvalue weighted by Crippen LogP contribution is -2.75. The van der Waals surface area contributed by atoms with Crippen LogP contribution in [0.4, 0.5) is 35.1 Å². The molecule has 2 N–H and O–H groups in total. The lowest BCUT2D eigenvalue weighted by molar-refractivity contribution is -0.378. The van der Waals surface area contributed by atoms with E-state index in [1.165, 1.54) is 0 Å². The average Bonchev–Trinajstić information content (AvgIpc) is 2.56. The van der Waals surface area contributed by atoms with Crippen LogP contribution in [0.2, 0.25) is 0 Å². The molecular formula is C12H2F8O5. The molecule has 2 atom stereocenters. The molecule has 0 spiro atoms. The number of rotatable bonds is 0. The molecular weight excluding hydrogens is 376 g/mol. The summed E-state index contributed by atoms with van der Waals surface area (Å²) in [6, 6.07) is 0. The Balaban J connectivity index is 2.39. The number of carbonyl (C=O) groups excluding carboxylic acids is 1. The predicted molar refractivity (Wildman–Crippen MR) is 56.6 cm³/mol. The molecule has 13 heteroatoms. The van der Waals surface area contributed by atoms with E-state index in [-0.39, 0.29) is 0 Å². The number of Topliss-reactive ketones (excluding diaryl/α,β-unsaturated/α-hetero) is 1. The third-order valence-corrected chi connectivity index (χ3v) is 3.52. The molecule has 25 heavy (non-hydrogen) atoms. The quantitative estimate of drug-likeness (QED) is 0.312. The first kappa shape index (κ1) is 17.4. The van der Waals surface area contributed by atoms with Crippen LogP contribution in [0.5, 0.6) is 11.5 Å². The fraction of sp³-hybridized carbons (Fsp3) is 0.250. The molecule has 0 amide bonds. The molecule has 0 radical (unpaired) electrons. The van der Waals surface area contributed by atoms with Crippen molar-refractivity contribution in [3.63, 3.8) is 0 Å². The van der Waals surface area contributed by atoms with Crippen LogP contribution in [0.3, 0.4) is 0 Å². The number of alkyl halides is 2. The van der Waals surface area contributed by atoms with Crippen LogP contribution in [-0.2, 0) is 4.79 Å². The summed E-state index contributed by atoms with van der Waals surface area (Å²) in [5.74, 6) is -38.3. The van der Waals surface area contributed by atoms with Gasteiger partial charge in [-0.2, -0.15) is 22.0 Å². The molecule has 1 aromatic rings. The van der Waals surface area contributed by atoms with E-state index in [9.17, 15) is 50.1 Å². The molecule has 1 aromatic carbocycles. The van der Waals surface area contributed by atoms with E-state index < -0.39 is 69.7 Å². The molecule has 2 unspecified atom stereocenters. The Bertz CT molecular complexity index is 868. The number of ether oxygens (including phenoxy) is 2. The van der Waals surface area contributed by atoms with E-state index >= 15 is 0 Å². The minimum absolute atomic E-state index is 2.08. The maximum absolute atomic E-state index is 14.7. The monoisotopic (exact) mass is 378 g/mol. The number of hydrogen-bond acceptors (Lipinski definition) is 5. The van der Waals surface area contributed by atoms with Gasteiger partial charge in [0.25, 0.3) is 5.78 Å². The van der Waals surface area contributed by atoms with Gasteiger partial charge in [-0.25, -0.2) is 13.2 Å². The number of benzene rings is 1. The number of carbonyl (C=O) groups is 1. The molecule has 1 aliphatic carbocycles. The van der Waals surface area contributed by atoms with Crippen molar-refractivity contribution in [3.8, 4) is 11.5 Å². The second-order valence-corrected chi connectivity index (χ2v) is 4.94. The van der Waals surface area contributed by atoms with Crippen LogP contribution >= 0.6 is 0 Å². The normalized spacial score (nSPS) is 30.4. The zero-order valence-electron chi connectivity index (χ0n) is 11.1. The Labute approximate surface area is 130 Å². The summed E-state index contributed by atoms with van der Waals surface area (Å²) in [6.45, 7) is 0. The third-order valence-electron chi connectivity index (χ3n) is 3.52. The van der Waals surface area contributed by atoms with Crippen LogP contribution in [0.15, 0.2) is 11.7 Å². The number of hydrogen-bond donors (Lipinski definition) is 2. The van der Waals surface area contributed by atoms with E-state index in [4.69, 9.17) is 0 Å². The molecule has 0 aromatic heterocycles. The Morgan fingerprint density at radius 3 is 1.68 bits per heavy atom. The number of ketones is 1. The van der Waals surface area contributed by atoms with Crippen LogP contribution in [0.1, 0.15) is 0 Å². The summed E-state index contributed by atoms with van der Waals surface area (Å²) in [7, 11) is 0. The Hall–Kier alpha value is -2.41. The molecule has 1 aliphatic heterocycles. The molecule has 1 heterocycles. The fourth-order valence-corrected chi connectivity index (χ4v) is 2.21. The minimum Gasteiger partial charge on any atom is -0.440 e. The van der Waals surface area contributed by atoms with Crippen molar-refractivity contribution in [2.45, 2.75) is 17.5 Å². The maximum atomic E-state index is 14.7. The number of aliphatic hydroxyl groups is 2. The standard InChI is InChI=1S/C12H2F8O5/c13-1-2(14)4(16)7-6(3(1)15)24-10(19)8(18)5(17)9(21)11(22,23)12(10,20)25-7/h22-23H. The SMILES string of the molecule is O=C1C(F)=C(F)C2(F)Oc3c(F)c(F)c(F)c(F)c3OC2(F)C1(O)O. The van der Waals surface area contributed by atoms with Crippen molar-refractivity contribution in [2.75, 3.05) is 0 Å². The zero-order chi connectivity index (χ0) is 19.1. The Morgan fingerprint density at radius 1 is 0.760 bits per heavy atom. The van der Waals surface area contributed by atoms with Gasteiger partial charge in [0.05, 0.1) is 0 Å². The lowest BCUT2D eigenvalue weighted by atomic mass is 9.86. The summed E-state index contributed by atoms with van der Waals surface area (Å²) in [4.78, 5) is 11.2. The highest BCUT2D eigenvalue weighted by atomic mass is 19.2. The highest BCUT2D eigenvalue weighted by Gasteiger charge is 2.82. The van der Waals surface area contributed by atoms with Gasteiger partial charge < -0.3 is 19.7 Å². The van der Waals surface area contributed by atoms with Crippen LogP contribution < -0.4 is 9.47 Å². The van der Waals surface area contributed by atoms with Crippen LogP contribution in [0.25, 0.3) is 0 Å². The summed E-state index contributed by atoms with van der Waals surface area (Å²) in [5.41, 5.74) is 0. The van der Waals surface area contributed by atoms with Gasteiger partial charge >= 0.3 is 17.5 Å². The molecule has 3 rings (SSSR count). The summed E-state index contributed by atoms with van der Waals surface area (Å²) < 4.78 is 117. The first-order valence-corrected chi connectivity index (χ1v) is 5.98. The smallest absolute Gasteiger partial charge is 0.387 e. The summed E-state index contributed by atoms with van der Waals surface area (Å²) in [5, 5.41) is 18.6. The summed E-state index contributed by atoms with van der Waals surface area (Å²) in [6.07, 6.45) is 0. The van der Waals surface area contributed by atoms with E-state index in [0.717, 1.165) is 0 Å². The largest absolute Gasteiger partial charge is 0.440 e. The topological polar surface area (TPSA) is 76.0 Å². The van der Waals surface area contributed by atoms with Crippen molar-refractivity contribution in [1.82, 2.24) is 0 Å². The van der Waals surface area contributed by atoms with Gasteiger partial charge in [-0.3, -0.25) is 4.79 Å². The van der Waals surface area contributed by atoms with Gasteiger partial charge in [-0.05, 0) is 0 Å². The summed E-state index contributed by atoms with van der Waals surface area (Å²) >= 11 is 0.